The molecule has 1 saturated heterocycles. The lowest BCUT2D eigenvalue weighted by molar-refractivity contribution is -0.170. The molecule has 0 aromatic carbocycles. The molecule has 6 nitrogen and oxygen atoms in total. The van der Waals surface area contributed by atoms with Gasteiger partial charge < -0.3 is 14.2 Å². The summed E-state index contributed by atoms with van der Waals surface area (Å²) in [4.78, 5) is 33.9. The Morgan fingerprint density at radius 1 is 1.56 bits per heavy atom. The minimum atomic E-state index is -1.03. The molecule has 18 heavy (non-hydrogen) atoms. The van der Waals surface area contributed by atoms with E-state index in [1.165, 1.54) is 0 Å². The Morgan fingerprint density at radius 2 is 2.22 bits per heavy atom. The van der Waals surface area contributed by atoms with E-state index in [2.05, 4.69) is 11.3 Å². The van der Waals surface area contributed by atoms with Crippen LogP contribution in [0, 0.1) is 5.41 Å². The minimum absolute atomic E-state index is 0.140. The fourth-order valence-electron chi connectivity index (χ4n) is 1.24. The molecule has 1 unspecified atom stereocenters. The zero-order valence-electron chi connectivity index (χ0n) is 10.4. The molecule has 100 valence electrons. The maximum atomic E-state index is 11.8. The molecule has 0 aliphatic carbocycles. The average Bonchev–Trinajstić information content (AvgIpc) is 2.72. The maximum Gasteiger partial charge on any atom is 0.347 e. The number of rotatable bonds is 5. The van der Waals surface area contributed by atoms with Crippen LogP contribution in [0.5, 0.6) is 0 Å². The second-order valence-corrected chi connectivity index (χ2v) is 4.55. The van der Waals surface area contributed by atoms with Crippen molar-refractivity contribution < 1.29 is 28.6 Å². The van der Waals surface area contributed by atoms with Crippen LogP contribution in [0.4, 0.5) is 0 Å². The van der Waals surface area contributed by atoms with E-state index < -0.39 is 29.4 Å². The first-order valence-electron chi connectivity index (χ1n) is 5.54. The summed E-state index contributed by atoms with van der Waals surface area (Å²) in [6.07, 6.45) is 0.509. The molecule has 1 rings (SSSR count). The van der Waals surface area contributed by atoms with Gasteiger partial charge in [0.1, 0.15) is 6.61 Å². The molecular formula is C12H16O6. The summed E-state index contributed by atoms with van der Waals surface area (Å²) < 4.78 is 14.5. The summed E-state index contributed by atoms with van der Waals surface area (Å²) in [6.45, 7) is 6.48. The average molecular weight is 256 g/mol. The smallest absolute Gasteiger partial charge is 0.347 e. The van der Waals surface area contributed by atoms with Crippen LogP contribution < -0.4 is 0 Å². The number of carbonyl (C=O) groups is 3. The molecule has 6 heteroatoms. The molecule has 0 saturated carbocycles. The van der Waals surface area contributed by atoms with E-state index in [1.54, 1.807) is 13.8 Å². The van der Waals surface area contributed by atoms with Crippen LogP contribution in [0.3, 0.4) is 0 Å². The van der Waals surface area contributed by atoms with Gasteiger partial charge in [-0.2, -0.15) is 0 Å². The molecule has 0 amide bonds. The predicted molar refractivity (Wildman–Crippen MR) is 60.4 cm³/mol. The van der Waals surface area contributed by atoms with Crippen molar-refractivity contribution in [1.82, 2.24) is 0 Å². The summed E-state index contributed by atoms with van der Waals surface area (Å²) in [5.41, 5.74) is -1.03. The van der Waals surface area contributed by atoms with Crippen molar-refractivity contribution in [3.05, 3.63) is 12.7 Å². The highest BCUT2D eigenvalue weighted by molar-refractivity contribution is 5.84. The molecule has 0 bridgehead atoms. The molecule has 0 aromatic rings. The number of esters is 3. The molecule has 0 radical (unpaired) electrons. The van der Waals surface area contributed by atoms with Gasteiger partial charge in [-0.25, -0.2) is 9.59 Å². The molecule has 0 spiro atoms. The van der Waals surface area contributed by atoms with Crippen molar-refractivity contribution in [1.29, 1.82) is 0 Å². The summed E-state index contributed by atoms with van der Waals surface area (Å²) >= 11 is 0. The fraction of sp³-hybridized carbons (Fsp3) is 0.583. The third-order valence-corrected chi connectivity index (χ3v) is 2.43. The minimum Gasteiger partial charge on any atom is -0.463 e. The standard InChI is InChI=1S/C12H16O6/c1-4-9(13)17-7-12(2,3)11(15)18-8-5-6-16-10(8)14/h4,8H,1,5-7H2,2-3H3. The zero-order chi connectivity index (χ0) is 13.8. The van der Waals surface area contributed by atoms with Crippen LogP contribution in [-0.4, -0.2) is 37.2 Å². The quantitative estimate of drug-likeness (QED) is 0.407. The Balaban J connectivity index is 2.50. The van der Waals surface area contributed by atoms with Gasteiger partial charge in [0.15, 0.2) is 0 Å². The highest BCUT2D eigenvalue weighted by Crippen LogP contribution is 2.21. The van der Waals surface area contributed by atoms with Crippen LogP contribution >= 0.6 is 0 Å². The number of hydrogen-bond acceptors (Lipinski definition) is 6. The Hall–Kier alpha value is -1.85. The van der Waals surface area contributed by atoms with Gasteiger partial charge in [-0.3, -0.25) is 4.79 Å². The first-order chi connectivity index (χ1) is 8.36. The molecule has 1 fully saturated rings. The van der Waals surface area contributed by atoms with E-state index in [9.17, 15) is 14.4 Å². The molecule has 1 heterocycles. The first-order valence-corrected chi connectivity index (χ1v) is 5.54. The Morgan fingerprint density at radius 3 is 2.72 bits per heavy atom. The van der Waals surface area contributed by atoms with Crippen LogP contribution in [0.25, 0.3) is 0 Å². The van der Waals surface area contributed by atoms with E-state index in [1.807, 2.05) is 0 Å². The van der Waals surface area contributed by atoms with E-state index in [0.717, 1.165) is 6.08 Å². The summed E-state index contributed by atoms with van der Waals surface area (Å²) in [5.74, 6) is -1.76. The van der Waals surface area contributed by atoms with Crippen molar-refractivity contribution >= 4 is 17.9 Å². The van der Waals surface area contributed by atoms with E-state index in [0.29, 0.717) is 6.42 Å². The highest BCUT2D eigenvalue weighted by atomic mass is 16.6. The fourth-order valence-corrected chi connectivity index (χ4v) is 1.24. The second-order valence-electron chi connectivity index (χ2n) is 4.55. The Labute approximate surface area is 105 Å². The topological polar surface area (TPSA) is 78.9 Å². The number of ether oxygens (including phenoxy) is 3. The Bertz CT molecular complexity index is 371. The zero-order valence-corrected chi connectivity index (χ0v) is 10.4. The van der Waals surface area contributed by atoms with Crippen molar-refractivity contribution in [2.24, 2.45) is 5.41 Å². The largest absolute Gasteiger partial charge is 0.463 e. The maximum absolute atomic E-state index is 11.8. The predicted octanol–water partition coefficient (Wildman–Crippen LogP) is 0.600. The Kier molecular flexibility index (Phi) is 4.47. The second kappa shape index (κ2) is 5.66. The number of hydrogen-bond donors (Lipinski definition) is 0. The van der Waals surface area contributed by atoms with Gasteiger partial charge in [-0.15, -0.1) is 0 Å². The van der Waals surface area contributed by atoms with Crippen LogP contribution in [-0.2, 0) is 28.6 Å². The van der Waals surface area contributed by atoms with Crippen molar-refractivity contribution in [2.75, 3.05) is 13.2 Å². The van der Waals surface area contributed by atoms with Gasteiger partial charge in [-0.05, 0) is 13.8 Å². The van der Waals surface area contributed by atoms with E-state index in [4.69, 9.17) is 9.47 Å². The van der Waals surface area contributed by atoms with Gasteiger partial charge in [0.2, 0.25) is 6.10 Å². The lowest BCUT2D eigenvalue weighted by Gasteiger charge is -2.22. The molecular weight excluding hydrogens is 240 g/mol. The van der Waals surface area contributed by atoms with Gasteiger partial charge in [-0.1, -0.05) is 6.58 Å². The SMILES string of the molecule is C=CC(=O)OCC(C)(C)C(=O)OC1CCOC1=O. The third-order valence-electron chi connectivity index (χ3n) is 2.43. The van der Waals surface area contributed by atoms with E-state index >= 15 is 0 Å². The van der Waals surface area contributed by atoms with Gasteiger partial charge in [0.25, 0.3) is 0 Å². The monoisotopic (exact) mass is 256 g/mol. The van der Waals surface area contributed by atoms with E-state index in [-0.39, 0.29) is 13.2 Å². The summed E-state index contributed by atoms with van der Waals surface area (Å²) in [6, 6.07) is 0. The molecule has 1 aliphatic heterocycles. The summed E-state index contributed by atoms with van der Waals surface area (Å²) in [7, 11) is 0. The normalized spacial score (nSPS) is 19.0. The molecule has 0 N–H and O–H groups in total. The van der Waals surface area contributed by atoms with Gasteiger partial charge in [0.05, 0.1) is 12.0 Å². The van der Waals surface area contributed by atoms with Crippen molar-refractivity contribution in [3.63, 3.8) is 0 Å². The first kappa shape index (κ1) is 14.2. The highest BCUT2D eigenvalue weighted by Gasteiger charge is 2.37. The number of carbonyl (C=O) groups excluding carboxylic acids is 3. The van der Waals surface area contributed by atoms with Crippen LogP contribution in [0.1, 0.15) is 20.3 Å². The summed E-state index contributed by atoms with van der Waals surface area (Å²) in [5, 5.41) is 0. The van der Waals surface area contributed by atoms with Crippen LogP contribution in [0.15, 0.2) is 12.7 Å². The van der Waals surface area contributed by atoms with Crippen LogP contribution in [0.2, 0.25) is 0 Å². The lowest BCUT2D eigenvalue weighted by atomic mass is 9.95. The van der Waals surface area contributed by atoms with Crippen molar-refractivity contribution in [3.8, 4) is 0 Å². The van der Waals surface area contributed by atoms with Gasteiger partial charge in [0, 0.05) is 12.5 Å². The third kappa shape index (κ3) is 3.58. The molecule has 0 aromatic heterocycles. The van der Waals surface area contributed by atoms with Crippen molar-refractivity contribution in [2.45, 2.75) is 26.4 Å². The molecule has 1 atom stereocenters. The van der Waals surface area contributed by atoms with Gasteiger partial charge >= 0.3 is 17.9 Å². The molecule has 1 aliphatic rings. The number of cyclic esters (lactones) is 1. The lowest BCUT2D eigenvalue weighted by Crippen LogP contribution is -2.36.